The molecule has 0 unspecified atom stereocenters. The van der Waals surface area contributed by atoms with Crippen molar-refractivity contribution < 1.29 is 9.47 Å². The summed E-state index contributed by atoms with van der Waals surface area (Å²) in [6.45, 7) is 5.85. The third kappa shape index (κ3) is 4.63. The molecule has 0 aliphatic rings. The summed E-state index contributed by atoms with van der Waals surface area (Å²) < 4.78 is 12.1. The van der Waals surface area contributed by atoms with E-state index in [0.717, 1.165) is 27.2 Å². The van der Waals surface area contributed by atoms with Gasteiger partial charge in [0.25, 0.3) is 0 Å². The summed E-state index contributed by atoms with van der Waals surface area (Å²) in [6.07, 6.45) is 3.61. The first-order chi connectivity index (χ1) is 10.2. The van der Waals surface area contributed by atoms with Crippen molar-refractivity contribution in [3.05, 3.63) is 46.7 Å². The van der Waals surface area contributed by atoms with E-state index in [1.165, 1.54) is 0 Å². The van der Waals surface area contributed by atoms with Gasteiger partial charge in [-0.1, -0.05) is 0 Å². The molecule has 1 N–H and O–H groups in total. The number of nitrogens with zero attached hydrogens (tertiary/aromatic N) is 1. The van der Waals surface area contributed by atoms with Crippen molar-refractivity contribution >= 4 is 21.6 Å². The summed E-state index contributed by atoms with van der Waals surface area (Å²) in [5, 5.41) is 3.36. The van der Waals surface area contributed by atoms with Crippen molar-refractivity contribution in [2.45, 2.75) is 20.4 Å². The first-order valence-electron chi connectivity index (χ1n) is 6.96. The highest BCUT2D eigenvalue weighted by Crippen LogP contribution is 2.30. The number of ether oxygens (including phenoxy) is 2. The van der Waals surface area contributed by atoms with Gasteiger partial charge in [-0.3, -0.25) is 4.98 Å². The largest absolute Gasteiger partial charge is 0.490 e. The molecule has 0 fully saturated rings. The predicted octanol–water partition coefficient (Wildman–Crippen LogP) is 4.25. The van der Waals surface area contributed by atoms with Crippen LogP contribution >= 0.6 is 15.9 Å². The van der Waals surface area contributed by atoms with Gasteiger partial charge in [0.15, 0.2) is 11.5 Å². The molecule has 0 aliphatic heterocycles. The van der Waals surface area contributed by atoms with Crippen molar-refractivity contribution in [1.82, 2.24) is 4.98 Å². The Morgan fingerprint density at radius 3 is 2.52 bits per heavy atom. The molecule has 0 radical (unpaired) electrons. The molecule has 2 rings (SSSR count). The minimum Gasteiger partial charge on any atom is -0.490 e. The number of hydrogen-bond acceptors (Lipinski definition) is 4. The molecule has 0 saturated carbocycles. The van der Waals surface area contributed by atoms with Crippen molar-refractivity contribution in [1.29, 1.82) is 0 Å². The van der Waals surface area contributed by atoms with E-state index in [1.54, 1.807) is 6.20 Å². The number of rotatable bonds is 7. The zero-order valence-corrected chi connectivity index (χ0v) is 13.8. The molecule has 112 valence electrons. The van der Waals surface area contributed by atoms with Gasteiger partial charge >= 0.3 is 0 Å². The number of pyridine rings is 1. The minimum atomic E-state index is 0.610. The molecule has 0 atom stereocenters. The first-order valence-corrected chi connectivity index (χ1v) is 7.75. The molecular formula is C16H19BrN2O2. The fourth-order valence-corrected chi connectivity index (χ4v) is 2.33. The highest BCUT2D eigenvalue weighted by molar-refractivity contribution is 9.10. The lowest BCUT2D eigenvalue weighted by Crippen LogP contribution is -2.02. The van der Waals surface area contributed by atoms with Gasteiger partial charge in [0.05, 0.1) is 13.2 Å². The highest BCUT2D eigenvalue weighted by Gasteiger charge is 2.06. The Labute approximate surface area is 133 Å². The van der Waals surface area contributed by atoms with E-state index in [0.29, 0.717) is 19.8 Å². The second kappa shape index (κ2) is 7.88. The SMILES string of the molecule is CCOc1ccc(NCc2cncc(Br)c2)cc1OCC. The number of benzene rings is 1. The van der Waals surface area contributed by atoms with Gasteiger partial charge < -0.3 is 14.8 Å². The van der Waals surface area contributed by atoms with Crippen molar-refractivity contribution in [2.75, 3.05) is 18.5 Å². The maximum absolute atomic E-state index is 5.62. The van der Waals surface area contributed by atoms with Crippen LogP contribution in [-0.2, 0) is 6.54 Å². The number of halogens is 1. The van der Waals surface area contributed by atoms with E-state index >= 15 is 0 Å². The van der Waals surface area contributed by atoms with Gasteiger partial charge in [-0.05, 0) is 53.5 Å². The van der Waals surface area contributed by atoms with Crippen LogP contribution in [0, 0.1) is 0 Å². The summed E-state index contributed by atoms with van der Waals surface area (Å²) >= 11 is 3.42. The van der Waals surface area contributed by atoms with Gasteiger partial charge in [-0.2, -0.15) is 0 Å². The van der Waals surface area contributed by atoms with E-state index in [4.69, 9.17) is 9.47 Å². The molecule has 0 spiro atoms. The predicted molar refractivity (Wildman–Crippen MR) is 88.0 cm³/mol. The molecule has 4 nitrogen and oxygen atoms in total. The normalized spacial score (nSPS) is 10.2. The van der Waals surface area contributed by atoms with Gasteiger partial charge in [-0.25, -0.2) is 0 Å². The zero-order chi connectivity index (χ0) is 15.1. The van der Waals surface area contributed by atoms with Crippen molar-refractivity contribution in [3.8, 4) is 11.5 Å². The molecular weight excluding hydrogens is 332 g/mol. The molecule has 1 heterocycles. The van der Waals surface area contributed by atoms with Gasteiger partial charge in [-0.15, -0.1) is 0 Å². The molecule has 5 heteroatoms. The van der Waals surface area contributed by atoms with Crippen LogP contribution in [0.2, 0.25) is 0 Å². The van der Waals surface area contributed by atoms with Crippen LogP contribution in [0.5, 0.6) is 11.5 Å². The lowest BCUT2D eigenvalue weighted by Gasteiger charge is -2.13. The van der Waals surface area contributed by atoms with Crippen molar-refractivity contribution in [2.24, 2.45) is 0 Å². The van der Waals surface area contributed by atoms with Gasteiger partial charge in [0, 0.05) is 35.2 Å². The van der Waals surface area contributed by atoms with Crippen molar-refractivity contribution in [3.63, 3.8) is 0 Å². The quantitative estimate of drug-likeness (QED) is 0.810. The summed E-state index contributed by atoms with van der Waals surface area (Å²) in [4.78, 5) is 4.15. The van der Waals surface area contributed by atoms with Crippen LogP contribution < -0.4 is 14.8 Å². The smallest absolute Gasteiger partial charge is 0.163 e. The van der Waals surface area contributed by atoms with Crippen LogP contribution in [0.3, 0.4) is 0 Å². The maximum Gasteiger partial charge on any atom is 0.163 e. The molecule has 2 aromatic rings. The number of anilines is 1. The Kier molecular flexibility index (Phi) is 5.87. The zero-order valence-electron chi connectivity index (χ0n) is 12.2. The Hall–Kier alpha value is -1.75. The Balaban J connectivity index is 2.07. The molecule has 21 heavy (non-hydrogen) atoms. The molecule has 0 aliphatic carbocycles. The average molecular weight is 351 g/mol. The Morgan fingerprint density at radius 1 is 1.05 bits per heavy atom. The molecule has 1 aromatic carbocycles. The Morgan fingerprint density at radius 2 is 1.81 bits per heavy atom. The lowest BCUT2D eigenvalue weighted by molar-refractivity contribution is 0.288. The number of aromatic nitrogens is 1. The van der Waals surface area contributed by atoms with E-state index < -0.39 is 0 Å². The fourth-order valence-electron chi connectivity index (χ4n) is 1.92. The molecule has 0 amide bonds. The fraction of sp³-hybridized carbons (Fsp3) is 0.312. The second-order valence-corrected chi connectivity index (χ2v) is 5.31. The van der Waals surface area contributed by atoms with E-state index in [2.05, 4.69) is 26.2 Å². The summed E-state index contributed by atoms with van der Waals surface area (Å²) in [5.41, 5.74) is 2.10. The van der Waals surface area contributed by atoms with Gasteiger partial charge in [0.1, 0.15) is 0 Å². The number of nitrogens with one attached hydrogen (secondary N) is 1. The first kappa shape index (κ1) is 15.6. The Bertz CT molecular complexity index is 590. The second-order valence-electron chi connectivity index (χ2n) is 4.39. The lowest BCUT2D eigenvalue weighted by atomic mass is 10.2. The summed E-state index contributed by atoms with van der Waals surface area (Å²) in [6, 6.07) is 7.91. The third-order valence-corrected chi connectivity index (χ3v) is 3.24. The van der Waals surface area contributed by atoms with Gasteiger partial charge in [0.2, 0.25) is 0 Å². The van der Waals surface area contributed by atoms with Crippen LogP contribution in [0.1, 0.15) is 19.4 Å². The van der Waals surface area contributed by atoms with E-state index in [1.807, 2.05) is 44.3 Å². The molecule has 0 saturated heterocycles. The van der Waals surface area contributed by atoms with Crippen LogP contribution in [0.4, 0.5) is 5.69 Å². The minimum absolute atomic E-state index is 0.610. The highest BCUT2D eigenvalue weighted by atomic mass is 79.9. The molecule has 1 aromatic heterocycles. The third-order valence-electron chi connectivity index (χ3n) is 2.80. The standard InChI is InChI=1S/C16H19BrN2O2/c1-3-20-15-6-5-14(8-16(15)21-4-2)19-10-12-7-13(17)11-18-9-12/h5-9,11,19H,3-4,10H2,1-2H3. The van der Waals surface area contributed by atoms with E-state index in [9.17, 15) is 0 Å². The molecule has 0 bridgehead atoms. The van der Waals surface area contributed by atoms with E-state index in [-0.39, 0.29) is 0 Å². The van der Waals surface area contributed by atoms with Crippen LogP contribution in [-0.4, -0.2) is 18.2 Å². The van der Waals surface area contributed by atoms with Crippen LogP contribution in [0.15, 0.2) is 41.1 Å². The topological polar surface area (TPSA) is 43.4 Å². The van der Waals surface area contributed by atoms with Crippen LogP contribution in [0.25, 0.3) is 0 Å². The monoisotopic (exact) mass is 350 g/mol. The average Bonchev–Trinajstić information content (AvgIpc) is 2.48. The summed E-state index contributed by atoms with van der Waals surface area (Å²) in [5.74, 6) is 1.53. The number of hydrogen-bond donors (Lipinski definition) is 1. The maximum atomic E-state index is 5.62. The summed E-state index contributed by atoms with van der Waals surface area (Å²) in [7, 11) is 0.